The Balaban J connectivity index is 2.03. The van der Waals surface area contributed by atoms with Crippen molar-refractivity contribution in [3.8, 4) is 0 Å². The highest BCUT2D eigenvalue weighted by molar-refractivity contribution is 5.94. The molecule has 1 aromatic carbocycles. The first-order valence-electron chi connectivity index (χ1n) is 6.16. The van der Waals surface area contributed by atoms with E-state index in [0.29, 0.717) is 18.7 Å². The Morgan fingerprint density at radius 2 is 2.26 bits per heavy atom. The first kappa shape index (κ1) is 13.3. The van der Waals surface area contributed by atoms with Gasteiger partial charge in [0.05, 0.1) is 6.20 Å². The van der Waals surface area contributed by atoms with Crippen molar-refractivity contribution in [3.05, 3.63) is 52.8 Å². The minimum atomic E-state index is -0.0986. The molecule has 1 amide bonds. The Bertz CT molecular complexity index is 589. The van der Waals surface area contributed by atoms with Gasteiger partial charge in [-0.1, -0.05) is 12.1 Å². The van der Waals surface area contributed by atoms with Crippen LogP contribution in [-0.2, 0) is 20.1 Å². The lowest BCUT2D eigenvalue weighted by Crippen LogP contribution is -2.23. The summed E-state index contributed by atoms with van der Waals surface area (Å²) in [5, 5.41) is 7.03. The molecule has 5 heteroatoms. The van der Waals surface area contributed by atoms with E-state index >= 15 is 0 Å². The van der Waals surface area contributed by atoms with Gasteiger partial charge in [-0.3, -0.25) is 9.48 Å². The fraction of sp³-hybridized carbons (Fsp3) is 0.286. The predicted molar refractivity (Wildman–Crippen MR) is 73.4 cm³/mol. The zero-order valence-corrected chi connectivity index (χ0v) is 11.2. The summed E-state index contributed by atoms with van der Waals surface area (Å²) in [5.74, 6) is -0.0986. The third kappa shape index (κ3) is 3.00. The second-order valence-corrected chi connectivity index (χ2v) is 4.47. The Kier molecular flexibility index (Phi) is 3.97. The third-order valence-corrected chi connectivity index (χ3v) is 3.20. The number of nitrogens with one attached hydrogen (secondary N) is 1. The van der Waals surface area contributed by atoms with E-state index in [0.717, 1.165) is 16.8 Å². The second-order valence-electron chi connectivity index (χ2n) is 4.47. The summed E-state index contributed by atoms with van der Waals surface area (Å²) in [6.45, 7) is 2.89. The lowest BCUT2D eigenvalue weighted by atomic mass is 10.1. The fourth-order valence-electron chi connectivity index (χ4n) is 1.83. The number of carbonyl (C=O) groups is 1. The summed E-state index contributed by atoms with van der Waals surface area (Å²) in [6.07, 6.45) is 1.77. The number of amides is 1. The smallest absolute Gasteiger partial charge is 0.251 e. The molecule has 0 aliphatic rings. The largest absolute Gasteiger partial charge is 0.348 e. The molecule has 0 atom stereocenters. The van der Waals surface area contributed by atoms with Gasteiger partial charge < -0.3 is 11.1 Å². The lowest BCUT2D eigenvalue weighted by Gasteiger charge is -2.06. The van der Waals surface area contributed by atoms with Crippen LogP contribution in [0.5, 0.6) is 0 Å². The maximum atomic E-state index is 12.0. The van der Waals surface area contributed by atoms with Crippen molar-refractivity contribution in [1.29, 1.82) is 0 Å². The Hall–Kier alpha value is -2.14. The molecule has 0 aliphatic carbocycles. The average Bonchev–Trinajstić information content (AvgIpc) is 2.76. The number of hydrogen-bond acceptors (Lipinski definition) is 3. The number of nitrogens with two attached hydrogens (primary N) is 1. The van der Waals surface area contributed by atoms with Crippen LogP contribution in [0.25, 0.3) is 0 Å². The van der Waals surface area contributed by atoms with Crippen LogP contribution in [0.2, 0.25) is 0 Å². The first-order chi connectivity index (χ1) is 9.11. The maximum absolute atomic E-state index is 12.0. The molecular formula is C14H18N4O. The molecule has 1 aromatic heterocycles. The predicted octanol–water partition coefficient (Wildman–Crippen LogP) is 1.12. The minimum Gasteiger partial charge on any atom is -0.348 e. The van der Waals surface area contributed by atoms with Crippen LogP contribution >= 0.6 is 0 Å². The highest BCUT2D eigenvalue weighted by atomic mass is 16.1. The molecule has 0 unspecified atom stereocenters. The SMILES string of the molecule is Cc1c(CNC(=O)c2cccc(CN)c2)cnn1C. The van der Waals surface area contributed by atoms with Crippen molar-refractivity contribution in [2.45, 2.75) is 20.0 Å². The van der Waals surface area contributed by atoms with E-state index in [1.54, 1.807) is 16.9 Å². The van der Waals surface area contributed by atoms with Gasteiger partial charge in [0.15, 0.2) is 0 Å². The van der Waals surface area contributed by atoms with Crippen LogP contribution in [0, 0.1) is 6.92 Å². The van der Waals surface area contributed by atoms with Gasteiger partial charge in [-0.05, 0) is 24.6 Å². The summed E-state index contributed by atoms with van der Waals surface area (Å²) in [7, 11) is 1.88. The van der Waals surface area contributed by atoms with Gasteiger partial charge in [-0.15, -0.1) is 0 Å². The lowest BCUT2D eigenvalue weighted by molar-refractivity contribution is 0.0951. The van der Waals surface area contributed by atoms with Crippen molar-refractivity contribution >= 4 is 5.91 Å². The molecular weight excluding hydrogens is 240 g/mol. The van der Waals surface area contributed by atoms with Crippen LogP contribution in [-0.4, -0.2) is 15.7 Å². The fourth-order valence-corrected chi connectivity index (χ4v) is 1.83. The van der Waals surface area contributed by atoms with Gasteiger partial charge >= 0.3 is 0 Å². The van der Waals surface area contributed by atoms with Gasteiger partial charge in [0.25, 0.3) is 5.91 Å². The van der Waals surface area contributed by atoms with Crippen molar-refractivity contribution < 1.29 is 4.79 Å². The molecule has 5 nitrogen and oxygen atoms in total. The molecule has 3 N–H and O–H groups in total. The number of benzene rings is 1. The maximum Gasteiger partial charge on any atom is 0.251 e. The molecule has 0 radical (unpaired) electrons. The molecule has 100 valence electrons. The van der Waals surface area contributed by atoms with Crippen LogP contribution in [0.15, 0.2) is 30.5 Å². The summed E-state index contributed by atoms with van der Waals surface area (Å²) >= 11 is 0. The van der Waals surface area contributed by atoms with Crippen LogP contribution in [0.4, 0.5) is 0 Å². The van der Waals surface area contributed by atoms with Gasteiger partial charge in [0.1, 0.15) is 0 Å². The van der Waals surface area contributed by atoms with Crippen LogP contribution < -0.4 is 11.1 Å². The van der Waals surface area contributed by atoms with Crippen molar-refractivity contribution in [2.75, 3.05) is 0 Å². The molecule has 19 heavy (non-hydrogen) atoms. The molecule has 0 fully saturated rings. The van der Waals surface area contributed by atoms with E-state index < -0.39 is 0 Å². The summed E-state index contributed by atoms with van der Waals surface area (Å²) in [5.41, 5.74) is 9.21. The molecule has 0 bridgehead atoms. The Morgan fingerprint density at radius 1 is 1.47 bits per heavy atom. The second kappa shape index (κ2) is 5.67. The van der Waals surface area contributed by atoms with E-state index in [4.69, 9.17) is 5.73 Å². The minimum absolute atomic E-state index is 0.0986. The molecule has 2 aromatic rings. The Morgan fingerprint density at radius 3 is 2.89 bits per heavy atom. The van der Waals surface area contributed by atoms with E-state index in [1.165, 1.54) is 0 Å². The van der Waals surface area contributed by atoms with Gasteiger partial charge in [0.2, 0.25) is 0 Å². The normalized spacial score (nSPS) is 10.5. The number of aromatic nitrogens is 2. The quantitative estimate of drug-likeness (QED) is 0.863. The molecule has 0 aliphatic heterocycles. The van der Waals surface area contributed by atoms with Gasteiger partial charge in [0, 0.05) is 37.0 Å². The monoisotopic (exact) mass is 258 g/mol. The zero-order chi connectivity index (χ0) is 13.8. The number of carbonyl (C=O) groups excluding carboxylic acids is 1. The van der Waals surface area contributed by atoms with Crippen molar-refractivity contribution in [2.24, 2.45) is 12.8 Å². The number of nitrogens with zero attached hydrogens (tertiary/aromatic N) is 2. The van der Waals surface area contributed by atoms with E-state index in [2.05, 4.69) is 10.4 Å². The topological polar surface area (TPSA) is 72.9 Å². The van der Waals surface area contributed by atoms with Crippen LogP contribution in [0.3, 0.4) is 0 Å². The first-order valence-corrected chi connectivity index (χ1v) is 6.16. The summed E-state index contributed by atoms with van der Waals surface area (Å²) < 4.78 is 1.79. The van der Waals surface area contributed by atoms with Gasteiger partial charge in [-0.25, -0.2) is 0 Å². The molecule has 0 spiro atoms. The molecule has 1 heterocycles. The van der Waals surface area contributed by atoms with Crippen molar-refractivity contribution in [3.63, 3.8) is 0 Å². The highest BCUT2D eigenvalue weighted by Gasteiger charge is 2.08. The van der Waals surface area contributed by atoms with Gasteiger partial charge in [-0.2, -0.15) is 5.10 Å². The van der Waals surface area contributed by atoms with E-state index in [9.17, 15) is 4.79 Å². The zero-order valence-electron chi connectivity index (χ0n) is 11.2. The number of aryl methyl sites for hydroxylation is 1. The summed E-state index contributed by atoms with van der Waals surface area (Å²) in [4.78, 5) is 12.0. The molecule has 2 rings (SSSR count). The average molecular weight is 258 g/mol. The number of rotatable bonds is 4. The molecule has 0 saturated carbocycles. The van der Waals surface area contributed by atoms with Crippen LogP contribution in [0.1, 0.15) is 27.2 Å². The standard InChI is InChI=1S/C14H18N4O/c1-10-13(9-17-18(10)2)8-16-14(19)12-5-3-4-11(6-12)7-15/h3-6,9H,7-8,15H2,1-2H3,(H,16,19). The summed E-state index contributed by atoms with van der Waals surface area (Å²) in [6, 6.07) is 7.34. The Labute approximate surface area is 112 Å². The van der Waals surface area contributed by atoms with E-state index in [1.807, 2.05) is 32.2 Å². The van der Waals surface area contributed by atoms with E-state index in [-0.39, 0.29) is 5.91 Å². The molecule has 0 saturated heterocycles. The highest BCUT2D eigenvalue weighted by Crippen LogP contribution is 2.07. The van der Waals surface area contributed by atoms with Crippen molar-refractivity contribution in [1.82, 2.24) is 15.1 Å². The number of hydrogen-bond donors (Lipinski definition) is 2. The third-order valence-electron chi connectivity index (χ3n) is 3.20.